The first-order chi connectivity index (χ1) is 6.31. The van der Waals surface area contributed by atoms with Gasteiger partial charge in [-0.3, -0.25) is 0 Å². The monoisotopic (exact) mass is 180 g/mol. The molecular weight excluding hydrogens is 164 g/mol. The number of carbonyl (C=O) groups excluding carboxylic acids is 1. The van der Waals surface area contributed by atoms with Gasteiger partial charge in [0.15, 0.2) is 0 Å². The molecule has 13 heavy (non-hydrogen) atoms. The van der Waals surface area contributed by atoms with Gasteiger partial charge in [0.1, 0.15) is 0 Å². The normalized spacial score (nSPS) is 9.38. The van der Waals surface area contributed by atoms with Gasteiger partial charge in [0.05, 0.1) is 6.61 Å². The van der Waals surface area contributed by atoms with Crippen molar-refractivity contribution in [2.45, 2.75) is 33.1 Å². The lowest BCUT2D eigenvalue weighted by Gasteiger charge is -1.93. The summed E-state index contributed by atoms with van der Waals surface area (Å²) in [6, 6.07) is 0. The lowest BCUT2D eigenvalue weighted by molar-refractivity contribution is -0.137. The van der Waals surface area contributed by atoms with Gasteiger partial charge >= 0.3 is 5.97 Å². The largest absolute Gasteiger partial charge is 0.463 e. The van der Waals surface area contributed by atoms with E-state index in [1.807, 2.05) is 13.0 Å². The number of allylic oxidation sites excluding steroid dienone is 1. The molecule has 0 atom stereocenters. The summed E-state index contributed by atoms with van der Waals surface area (Å²) in [6.07, 6.45) is 6.08. The second kappa shape index (κ2) is 8.86. The summed E-state index contributed by atoms with van der Waals surface area (Å²) in [5.74, 6) is 5.52. The van der Waals surface area contributed by atoms with Crippen molar-refractivity contribution in [1.82, 2.24) is 0 Å². The van der Waals surface area contributed by atoms with Crippen LogP contribution in [0.4, 0.5) is 0 Å². The molecule has 0 saturated heterocycles. The van der Waals surface area contributed by atoms with Crippen LogP contribution >= 0.6 is 0 Å². The standard InChI is InChI=1S/C11H16O2/c1-3-5-6-7-8-9-10-11(12)13-4-2/h9-10H,4,6-8H2,1-2H3/b10-9+. The fourth-order valence-electron chi connectivity index (χ4n) is 0.803. The van der Waals surface area contributed by atoms with Gasteiger partial charge in [-0.1, -0.05) is 6.08 Å². The highest BCUT2D eigenvalue weighted by atomic mass is 16.5. The fraction of sp³-hybridized carbons (Fsp3) is 0.545. The summed E-state index contributed by atoms with van der Waals surface area (Å²) in [5, 5.41) is 0. The Balaban J connectivity index is 3.38. The molecule has 0 radical (unpaired) electrons. The highest BCUT2D eigenvalue weighted by Gasteiger charge is 1.91. The van der Waals surface area contributed by atoms with Gasteiger partial charge in [-0.05, 0) is 26.7 Å². The Morgan fingerprint density at radius 2 is 2.31 bits per heavy atom. The summed E-state index contributed by atoms with van der Waals surface area (Å²) >= 11 is 0. The number of carbonyl (C=O) groups is 1. The van der Waals surface area contributed by atoms with Crippen LogP contribution in [-0.2, 0) is 9.53 Å². The second-order valence-corrected chi connectivity index (χ2v) is 2.47. The van der Waals surface area contributed by atoms with Crippen molar-refractivity contribution in [2.75, 3.05) is 6.61 Å². The number of hydrogen-bond acceptors (Lipinski definition) is 2. The molecule has 0 amide bonds. The Hall–Kier alpha value is -1.23. The van der Waals surface area contributed by atoms with Gasteiger partial charge in [-0.25, -0.2) is 4.79 Å². The molecule has 0 spiro atoms. The zero-order valence-corrected chi connectivity index (χ0v) is 8.30. The molecule has 0 N–H and O–H groups in total. The highest BCUT2D eigenvalue weighted by Crippen LogP contribution is 1.95. The first-order valence-corrected chi connectivity index (χ1v) is 4.54. The maximum atomic E-state index is 10.8. The molecule has 0 unspecified atom stereocenters. The van der Waals surface area contributed by atoms with Crippen molar-refractivity contribution in [3.8, 4) is 11.8 Å². The molecule has 0 aliphatic heterocycles. The van der Waals surface area contributed by atoms with Crippen molar-refractivity contribution in [1.29, 1.82) is 0 Å². The van der Waals surface area contributed by atoms with E-state index in [9.17, 15) is 4.79 Å². The molecule has 0 aliphatic rings. The molecular formula is C11H16O2. The summed E-state index contributed by atoms with van der Waals surface area (Å²) < 4.78 is 4.72. The van der Waals surface area contributed by atoms with E-state index in [1.165, 1.54) is 6.08 Å². The van der Waals surface area contributed by atoms with Gasteiger partial charge in [-0.2, -0.15) is 0 Å². The number of ether oxygens (including phenoxy) is 1. The minimum atomic E-state index is -0.260. The van der Waals surface area contributed by atoms with E-state index < -0.39 is 0 Å². The van der Waals surface area contributed by atoms with Crippen LogP contribution in [-0.4, -0.2) is 12.6 Å². The van der Waals surface area contributed by atoms with Crippen LogP contribution in [0.15, 0.2) is 12.2 Å². The average Bonchev–Trinajstić information content (AvgIpc) is 2.11. The fourth-order valence-corrected chi connectivity index (χ4v) is 0.803. The molecule has 72 valence electrons. The van der Waals surface area contributed by atoms with E-state index in [0.29, 0.717) is 6.61 Å². The Labute approximate surface area is 80.0 Å². The van der Waals surface area contributed by atoms with E-state index >= 15 is 0 Å². The summed E-state index contributed by atoms with van der Waals surface area (Å²) in [6.45, 7) is 4.06. The molecule has 0 bridgehead atoms. The second-order valence-electron chi connectivity index (χ2n) is 2.47. The van der Waals surface area contributed by atoms with Crippen LogP contribution in [0.2, 0.25) is 0 Å². The average molecular weight is 180 g/mol. The van der Waals surface area contributed by atoms with Crippen LogP contribution < -0.4 is 0 Å². The Bertz CT molecular complexity index is 218. The molecule has 0 saturated carbocycles. The quantitative estimate of drug-likeness (QED) is 0.281. The molecule has 0 rings (SSSR count). The van der Waals surface area contributed by atoms with E-state index in [-0.39, 0.29) is 5.97 Å². The van der Waals surface area contributed by atoms with E-state index in [4.69, 9.17) is 4.74 Å². The third-order valence-electron chi connectivity index (χ3n) is 1.39. The van der Waals surface area contributed by atoms with Crippen molar-refractivity contribution in [3.63, 3.8) is 0 Å². The lowest BCUT2D eigenvalue weighted by Crippen LogP contribution is -1.98. The van der Waals surface area contributed by atoms with Gasteiger partial charge < -0.3 is 4.74 Å². The van der Waals surface area contributed by atoms with Crippen molar-refractivity contribution < 1.29 is 9.53 Å². The van der Waals surface area contributed by atoms with E-state index in [0.717, 1.165) is 19.3 Å². The van der Waals surface area contributed by atoms with Crippen molar-refractivity contribution in [2.24, 2.45) is 0 Å². The molecule has 0 heterocycles. The summed E-state index contributed by atoms with van der Waals surface area (Å²) in [5.41, 5.74) is 0. The first kappa shape index (κ1) is 11.8. The third kappa shape index (κ3) is 8.68. The molecule has 0 aromatic carbocycles. The first-order valence-electron chi connectivity index (χ1n) is 4.54. The SMILES string of the molecule is CC#CCCC/C=C/C(=O)OCC. The maximum Gasteiger partial charge on any atom is 0.330 e. The van der Waals surface area contributed by atoms with E-state index in [2.05, 4.69) is 11.8 Å². The topological polar surface area (TPSA) is 26.3 Å². The zero-order valence-electron chi connectivity index (χ0n) is 8.30. The van der Waals surface area contributed by atoms with Crippen LogP contribution in [0, 0.1) is 11.8 Å². The minimum Gasteiger partial charge on any atom is -0.463 e. The molecule has 2 nitrogen and oxygen atoms in total. The third-order valence-corrected chi connectivity index (χ3v) is 1.39. The maximum absolute atomic E-state index is 10.8. The Morgan fingerprint density at radius 1 is 1.54 bits per heavy atom. The Morgan fingerprint density at radius 3 is 2.92 bits per heavy atom. The van der Waals surface area contributed by atoms with Crippen LogP contribution in [0.1, 0.15) is 33.1 Å². The van der Waals surface area contributed by atoms with Gasteiger partial charge in [-0.15, -0.1) is 11.8 Å². The molecule has 0 aliphatic carbocycles. The lowest BCUT2D eigenvalue weighted by atomic mass is 10.2. The molecule has 2 heteroatoms. The Kier molecular flexibility index (Phi) is 8.02. The van der Waals surface area contributed by atoms with Gasteiger partial charge in [0.25, 0.3) is 0 Å². The van der Waals surface area contributed by atoms with Crippen LogP contribution in [0.3, 0.4) is 0 Å². The summed E-state index contributed by atoms with van der Waals surface area (Å²) in [4.78, 5) is 10.8. The number of unbranched alkanes of at least 4 members (excludes halogenated alkanes) is 2. The zero-order chi connectivity index (χ0) is 9.94. The van der Waals surface area contributed by atoms with Crippen molar-refractivity contribution >= 4 is 5.97 Å². The highest BCUT2D eigenvalue weighted by molar-refractivity contribution is 5.81. The predicted octanol–water partition coefficient (Wildman–Crippen LogP) is 2.30. The van der Waals surface area contributed by atoms with E-state index in [1.54, 1.807) is 6.92 Å². The summed E-state index contributed by atoms with van der Waals surface area (Å²) in [7, 11) is 0. The number of hydrogen-bond donors (Lipinski definition) is 0. The predicted molar refractivity (Wildman–Crippen MR) is 53.1 cm³/mol. The van der Waals surface area contributed by atoms with Crippen molar-refractivity contribution in [3.05, 3.63) is 12.2 Å². The number of rotatable bonds is 5. The van der Waals surface area contributed by atoms with Gasteiger partial charge in [0.2, 0.25) is 0 Å². The van der Waals surface area contributed by atoms with Crippen LogP contribution in [0.25, 0.3) is 0 Å². The molecule has 0 fully saturated rings. The van der Waals surface area contributed by atoms with Gasteiger partial charge in [0, 0.05) is 12.5 Å². The smallest absolute Gasteiger partial charge is 0.330 e. The minimum absolute atomic E-state index is 0.260. The molecule has 0 aromatic rings. The number of esters is 1. The molecule has 0 aromatic heterocycles. The van der Waals surface area contributed by atoms with Crippen LogP contribution in [0.5, 0.6) is 0 Å².